The van der Waals surface area contributed by atoms with Crippen LogP contribution in [0.15, 0.2) is 65.3 Å². The first kappa shape index (κ1) is 50.9. The van der Waals surface area contributed by atoms with E-state index in [2.05, 4.69) is 30.8 Å². The van der Waals surface area contributed by atoms with Crippen molar-refractivity contribution in [3.63, 3.8) is 0 Å². The summed E-state index contributed by atoms with van der Waals surface area (Å²) in [5, 5.41) is 20.6. The third-order valence-electron chi connectivity index (χ3n) is 13.5. The van der Waals surface area contributed by atoms with Crippen LogP contribution in [0.3, 0.4) is 0 Å². The normalized spacial score (nSPS) is 18.1. The number of carbonyl (C=O) groups excluding carboxylic acids is 4. The van der Waals surface area contributed by atoms with Gasteiger partial charge < -0.3 is 44.7 Å². The zero-order chi connectivity index (χ0) is 50.8. The number of halogens is 1. The van der Waals surface area contributed by atoms with E-state index in [-0.39, 0.29) is 49.9 Å². The van der Waals surface area contributed by atoms with Crippen LogP contribution in [0, 0.1) is 12.3 Å². The number of fused-ring (bicyclic) bond motifs is 1. The van der Waals surface area contributed by atoms with Gasteiger partial charge in [-0.2, -0.15) is 0 Å². The molecule has 5 heterocycles. The quantitative estimate of drug-likeness (QED) is 0.0788. The maximum atomic E-state index is 14.7. The van der Waals surface area contributed by atoms with Gasteiger partial charge in [0.1, 0.15) is 29.3 Å². The lowest BCUT2D eigenvalue weighted by Gasteiger charge is -2.39. The minimum atomic E-state index is -1.98. The molecule has 378 valence electrons. The maximum absolute atomic E-state index is 14.7. The second kappa shape index (κ2) is 21.1. The van der Waals surface area contributed by atoms with Crippen molar-refractivity contribution in [1.82, 2.24) is 40.3 Å². The molecule has 0 bridgehead atoms. The van der Waals surface area contributed by atoms with Gasteiger partial charge in [0.15, 0.2) is 5.67 Å². The van der Waals surface area contributed by atoms with Crippen LogP contribution < -0.4 is 35.7 Å². The molecular weight excluding hydrogens is 932 g/mol. The van der Waals surface area contributed by atoms with Crippen LogP contribution in [0.5, 0.6) is 17.2 Å². The molecular formula is C52H63FN8O9S. The van der Waals surface area contributed by atoms with E-state index in [4.69, 9.17) is 14.2 Å². The zero-order valence-corrected chi connectivity index (χ0v) is 42.1. The molecule has 71 heavy (non-hydrogen) atoms. The maximum Gasteiger partial charge on any atom is 0.259 e. The van der Waals surface area contributed by atoms with Crippen LogP contribution in [-0.2, 0) is 39.3 Å². The molecule has 2 saturated heterocycles. The summed E-state index contributed by atoms with van der Waals surface area (Å²) in [6.45, 7) is 9.39. The monoisotopic (exact) mass is 994 g/mol. The smallest absolute Gasteiger partial charge is 0.259 e. The number of aliphatic hydroxyl groups is 1. The number of thiazole rings is 1. The van der Waals surface area contributed by atoms with Crippen molar-refractivity contribution in [1.29, 1.82) is 0 Å². The number of methoxy groups -OCH3 is 2. The fraction of sp³-hybridized carbons (Fsp3) is 0.481. The lowest BCUT2D eigenvalue weighted by molar-refractivity contribution is -0.145. The molecule has 19 heteroatoms. The highest BCUT2D eigenvalue weighted by molar-refractivity contribution is 7.13. The van der Waals surface area contributed by atoms with Gasteiger partial charge >= 0.3 is 0 Å². The van der Waals surface area contributed by atoms with E-state index in [0.29, 0.717) is 73.7 Å². The van der Waals surface area contributed by atoms with Crippen LogP contribution in [0.2, 0.25) is 0 Å². The van der Waals surface area contributed by atoms with Gasteiger partial charge in [0, 0.05) is 93.5 Å². The molecule has 3 atom stereocenters. The molecule has 1 aliphatic carbocycles. The minimum Gasteiger partial charge on any atom is -0.496 e. The van der Waals surface area contributed by atoms with Crippen molar-refractivity contribution in [2.45, 2.75) is 109 Å². The minimum absolute atomic E-state index is 0.00176. The van der Waals surface area contributed by atoms with Gasteiger partial charge in [0.2, 0.25) is 17.7 Å². The molecule has 2 aliphatic heterocycles. The summed E-state index contributed by atoms with van der Waals surface area (Å²) in [5.74, 6) is -0.0490. The number of unbranched alkanes of at least 4 members (excludes halogenated alkanes) is 1. The predicted octanol–water partition coefficient (Wildman–Crippen LogP) is 5.21. The van der Waals surface area contributed by atoms with E-state index in [1.54, 1.807) is 66.1 Å². The third-order valence-corrected chi connectivity index (χ3v) is 14.5. The Morgan fingerprint density at radius 1 is 0.972 bits per heavy atom. The lowest BCUT2D eigenvalue weighted by atomic mass is 9.85. The lowest BCUT2D eigenvalue weighted by Crippen LogP contribution is -2.59. The molecule has 2 aromatic carbocycles. The molecule has 0 spiro atoms. The number of nitrogens with one attached hydrogen (secondary N) is 3. The Hall–Kier alpha value is -6.44. The number of likely N-dealkylation sites (tertiary alicyclic amines) is 2. The summed E-state index contributed by atoms with van der Waals surface area (Å²) in [6.07, 6.45) is 5.77. The Morgan fingerprint density at radius 2 is 1.73 bits per heavy atom. The SMILES string of the molecule is COc1cc(-c2cn(C)c(=O)c3cnccc23)c(OC)cc1CN1CC(NC(=O)CCCCOc2cc(-c3scnc3C)ccc2CNC(=O)[C@@H]2C[C@@H](O)CN2C(=O)[C@@H](NC(=O)C2(F)CC2)C(C)(C)C)C1. The Balaban J connectivity index is 0.834. The molecule has 17 nitrogen and oxygen atoms in total. The van der Waals surface area contributed by atoms with Crippen LogP contribution in [0.4, 0.5) is 4.39 Å². The number of aliphatic hydroxyl groups excluding tert-OH is 1. The van der Waals surface area contributed by atoms with Crippen LogP contribution in [-0.4, -0.2) is 123 Å². The molecule has 8 rings (SSSR count). The summed E-state index contributed by atoms with van der Waals surface area (Å²) in [7, 11) is 4.95. The molecule has 3 aromatic heterocycles. The number of aromatic nitrogens is 3. The van der Waals surface area contributed by atoms with Gasteiger partial charge in [-0.1, -0.05) is 32.9 Å². The van der Waals surface area contributed by atoms with Crippen molar-refractivity contribution in [3.05, 3.63) is 87.7 Å². The number of aryl methyl sites for hydroxylation is 2. The second-order valence-corrected chi connectivity index (χ2v) is 20.8. The average Bonchev–Trinajstić information content (AvgIpc) is 3.74. The fourth-order valence-electron chi connectivity index (χ4n) is 9.29. The van der Waals surface area contributed by atoms with E-state index >= 15 is 0 Å². The first-order valence-electron chi connectivity index (χ1n) is 24.0. The van der Waals surface area contributed by atoms with Crippen molar-refractivity contribution >= 4 is 45.7 Å². The number of amides is 4. The molecule has 0 unspecified atom stereocenters. The van der Waals surface area contributed by atoms with Crippen molar-refractivity contribution in [2.75, 3.05) is 40.5 Å². The standard InChI is InChI=1S/C52H63FN8O9S/c1-30-45(71-29-56-30)31-11-12-32(22-55-47(64)40-20-35(62)27-61(40)49(66)46(51(2,3)4)58-50(67)52(53)14-15-52)42(18-31)70-17-9-8-10-44(63)57-34-25-60(26-34)24-33-19-43(69-7)37(21-41(33)68-6)39-28-59(5)48(65)38-23-54-16-13-36(38)39/h11-13,16,18-19,21,23,28-29,34-35,40,46,62H,8-10,14-15,17,20,22,24-27H2,1-7H3,(H,55,64)(H,57,63)(H,58,67)/t35-,40+,46-/m1/s1. The number of hydrogen-bond donors (Lipinski definition) is 4. The summed E-state index contributed by atoms with van der Waals surface area (Å²) in [5.41, 5.74) is 3.86. The summed E-state index contributed by atoms with van der Waals surface area (Å²) in [6, 6.07) is 9.32. The molecule has 3 fully saturated rings. The van der Waals surface area contributed by atoms with Gasteiger partial charge in [-0.05, 0) is 73.2 Å². The summed E-state index contributed by atoms with van der Waals surface area (Å²) in [4.78, 5) is 79.4. The predicted molar refractivity (Wildman–Crippen MR) is 267 cm³/mol. The number of pyridine rings is 2. The van der Waals surface area contributed by atoms with E-state index in [1.165, 1.54) is 20.8 Å². The molecule has 4 amide bonds. The Morgan fingerprint density at radius 3 is 2.42 bits per heavy atom. The number of β-amino-alcohol motifs (C(OH)–C–C–N with tert-alkyl or cyclic N) is 1. The summed E-state index contributed by atoms with van der Waals surface area (Å²) >= 11 is 1.50. The highest BCUT2D eigenvalue weighted by atomic mass is 32.1. The Labute approximate surface area is 416 Å². The first-order valence-corrected chi connectivity index (χ1v) is 24.9. The molecule has 0 radical (unpaired) electrons. The third kappa shape index (κ3) is 11.4. The number of benzene rings is 2. The number of ether oxygens (including phenoxy) is 3. The number of nitrogens with zero attached hydrogens (tertiary/aromatic N) is 5. The molecule has 1 saturated carbocycles. The van der Waals surface area contributed by atoms with Crippen LogP contribution in [0.1, 0.15) is 76.1 Å². The Bertz CT molecular complexity index is 2870. The topological polar surface area (TPSA) is 207 Å². The van der Waals surface area contributed by atoms with Crippen molar-refractivity contribution in [2.24, 2.45) is 12.5 Å². The van der Waals surface area contributed by atoms with Gasteiger partial charge in [-0.3, -0.25) is 33.9 Å². The second-order valence-electron chi connectivity index (χ2n) is 19.9. The number of rotatable bonds is 19. The van der Waals surface area contributed by atoms with E-state index in [9.17, 15) is 33.5 Å². The number of hydrogen-bond acceptors (Lipinski definition) is 13. The largest absolute Gasteiger partial charge is 0.496 e. The molecule has 4 N–H and O–H groups in total. The highest BCUT2D eigenvalue weighted by Gasteiger charge is 2.53. The zero-order valence-electron chi connectivity index (χ0n) is 41.3. The van der Waals surface area contributed by atoms with E-state index in [0.717, 1.165) is 38.2 Å². The van der Waals surface area contributed by atoms with Crippen LogP contribution >= 0.6 is 11.3 Å². The average molecular weight is 995 g/mol. The first-order chi connectivity index (χ1) is 33.9. The van der Waals surface area contributed by atoms with Crippen molar-refractivity contribution < 1.29 is 42.9 Å². The van der Waals surface area contributed by atoms with Crippen LogP contribution in [0.25, 0.3) is 32.3 Å². The van der Waals surface area contributed by atoms with Crippen molar-refractivity contribution in [3.8, 4) is 38.8 Å². The number of carbonyl (C=O) groups is 4. The van der Waals surface area contributed by atoms with Gasteiger partial charge in [0.05, 0.1) is 54.4 Å². The summed E-state index contributed by atoms with van der Waals surface area (Å²) < 4.78 is 34.2. The van der Waals surface area contributed by atoms with Gasteiger partial charge in [0.25, 0.3) is 11.5 Å². The Kier molecular flexibility index (Phi) is 15.1. The van der Waals surface area contributed by atoms with E-state index in [1.807, 2.05) is 43.3 Å². The molecule has 5 aromatic rings. The van der Waals surface area contributed by atoms with Gasteiger partial charge in [-0.25, -0.2) is 9.37 Å². The number of alkyl halides is 1. The molecule has 3 aliphatic rings. The fourth-order valence-corrected chi connectivity index (χ4v) is 10.1. The van der Waals surface area contributed by atoms with Gasteiger partial charge in [-0.15, -0.1) is 11.3 Å². The van der Waals surface area contributed by atoms with E-state index < -0.39 is 47.0 Å². The highest BCUT2D eigenvalue weighted by Crippen LogP contribution is 2.41.